The van der Waals surface area contributed by atoms with Crippen LogP contribution in [0, 0.1) is 0 Å². The predicted molar refractivity (Wildman–Crippen MR) is 93.9 cm³/mol. The highest BCUT2D eigenvalue weighted by molar-refractivity contribution is 5.85. The van der Waals surface area contributed by atoms with Gasteiger partial charge in [0.05, 0.1) is 13.1 Å². The molecule has 3 heterocycles. The number of likely N-dealkylation sites (tertiary alicyclic amines) is 2. The van der Waals surface area contributed by atoms with Gasteiger partial charge in [-0.1, -0.05) is 0 Å². The first kappa shape index (κ1) is 18.2. The molecule has 3 aliphatic rings. The Kier molecular flexibility index (Phi) is 6.29. The minimum Gasteiger partial charge on any atom is -0.342 e. The highest BCUT2D eigenvalue weighted by Crippen LogP contribution is 2.12. The Morgan fingerprint density at radius 1 is 0.680 bits per heavy atom. The van der Waals surface area contributed by atoms with E-state index in [2.05, 4.69) is 4.90 Å². The van der Waals surface area contributed by atoms with E-state index in [9.17, 15) is 14.4 Å². The summed E-state index contributed by atoms with van der Waals surface area (Å²) in [6, 6.07) is 0. The number of rotatable bonds is 4. The van der Waals surface area contributed by atoms with Crippen molar-refractivity contribution < 1.29 is 14.4 Å². The minimum atomic E-state index is 0.0444. The molecular weight excluding hydrogens is 320 g/mol. The van der Waals surface area contributed by atoms with Crippen LogP contribution in [-0.2, 0) is 14.4 Å². The lowest BCUT2D eigenvalue weighted by molar-refractivity contribution is -0.141. The smallest absolute Gasteiger partial charge is 0.242 e. The number of hydrogen-bond donors (Lipinski definition) is 0. The fourth-order valence-electron chi connectivity index (χ4n) is 3.93. The Balaban J connectivity index is 1.45. The van der Waals surface area contributed by atoms with Gasteiger partial charge in [-0.2, -0.15) is 0 Å². The van der Waals surface area contributed by atoms with E-state index in [1.165, 1.54) is 0 Å². The molecule has 3 amide bonds. The molecule has 0 atom stereocenters. The highest BCUT2D eigenvalue weighted by Gasteiger charge is 2.26. The summed E-state index contributed by atoms with van der Waals surface area (Å²) in [6.45, 7) is 6.12. The number of hydrogen-bond acceptors (Lipinski definition) is 4. The van der Waals surface area contributed by atoms with Crippen LogP contribution in [0.15, 0.2) is 0 Å². The van der Waals surface area contributed by atoms with Gasteiger partial charge in [0.25, 0.3) is 0 Å². The molecule has 0 unspecified atom stereocenters. The van der Waals surface area contributed by atoms with Crippen molar-refractivity contribution in [3.63, 3.8) is 0 Å². The molecule has 0 spiro atoms. The van der Waals surface area contributed by atoms with E-state index in [1.54, 1.807) is 4.90 Å². The summed E-state index contributed by atoms with van der Waals surface area (Å²) in [4.78, 5) is 44.4. The average Bonchev–Trinajstić information content (AvgIpc) is 3.04. The highest BCUT2D eigenvalue weighted by atomic mass is 16.2. The molecule has 7 heteroatoms. The molecule has 0 radical (unpaired) electrons. The summed E-state index contributed by atoms with van der Waals surface area (Å²) in [5, 5.41) is 0. The number of carbonyl (C=O) groups excluding carboxylic acids is 3. The van der Waals surface area contributed by atoms with Crippen LogP contribution in [0.5, 0.6) is 0 Å². The van der Waals surface area contributed by atoms with Gasteiger partial charge in [-0.3, -0.25) is 19.3 Å². The lowest BCUT2D eigenvalue weighted by Crippen LogP contribution is -2.46. The van der Waals surface area contributed by atoms with Crippen molar-refractivity contribution in [3.8, 4) is 0 Å². The van der Waals surface area contributed by atoms with Crippen molar-refractivity contribution in [1.29, 1.82) is 0 Å². The zero-order valence-corrected chi connectivity index (χ0v) is 15.1. The SMILES string of the molecule is O=C(CN1CCCN(C(=O)CN2CCCCC2=O)CC1)N1CCCC1. The van der Waals surface area contributed by atoms with Gasteiger partial charge < -0.3 is 14.7 Å². The molecule has 3 aliphatic heterocycles. The third kappa shape index (κ3) is 4.93. The maximum absolute atomic E-state index is 12.5. The largest absolute Gasteiger partial charge is 0.342 e. The predicted octanol–water partition coefficient (Wildman–Crippen LogP) is 0.156. The molecule has 0 aromatic rings. The first-order valence-electron chi connectivity index (χ1n) is 9.69. The van der Waals surface area contributed by atoms with Crippen LogP contribution in [0.4, 0.5) is 0 Å². The van der Waals surface area contributed by atoms with Gasteiger partial charge in [0.2, 0.25) is 17.7 Å². The number of nitrogens with zero attached hydrogens (tertiary/aromatic N) is 4. The first-order valence-corrected chi connectivity index (χ1v) is 9.69. The normalized spacial score (nSPS) is 23.0. The molecule has 0 N–H and O–H groups in total. The van der Waals surface area contributed by atoms with Crippen LogP contribution >= 0.6 is 0 Å². The van der Waals surface area contributed by atoms with Crippen molar-refractivity contribution in [2.24, 2.45) is 0 Å². The number of piperidine rings is 1. The Morgan fingerprint density at radius 2 is 1.32 bits per heavy atom. The van der Waals surface area contributed by atoms with Crippen molar-refractivity contribution in [2.75, 3.05) is 58.9 Å². The lowest BCUT2D eigenvalue weighted by atomic mass is 10.1. The molecule has 0 aromatic heterocycles. The molecule has 3 rings (SSSR count). The second-order valence-electron chi connectivity index (χ2n) is 7.37. The van der Waals surface area contributed by atoms with Crippen molar-refractivity contribution in [1.82, 2.24) is 19.6 Å². The Morgan fingerprint density at radius 3 is 2.08 bits per heavy atom. The Bertz CT molecular complexity index is 505. The van der Waals surface area contributed by atoms with Gasteiger partial charge in [0.1, 0.15) is 0 Å². The van der Waals surface area contributed by atoms with Crippen LogP contribution in [0.25, 0.3) is 0 Å². The number of carbonyl (C=O) groups is 3. The summed E-state index contributed by atoms with van der Waals surface area (Å²) in [6.07, 6.45) is 5.61. The van der Waals surface area contributed by atoms with E-state index < -0.39 is 0 Å². The minimum absolute atomic E-state index is 0.0444. The van der Waals surface area contributed by atoms with Crippen LogP contribution in [0.1, 0.15) is 38.5 Å². The summed E-state index contributed by atoms with van der Waals surface area (Å²) in [5.41, 5.74) is 0. The molecular formula is C18H30N4O3. The van der Waals surface area contributed by atoms with Crippen molar-refractivity contribution >= 4 is 17.7 Å². The van der Waals surface area contributed by atoms with Crippen molar-refractivity contribution in [2.45, 2.75) is 38.5 Å². The molecule has 0 aliphatic carbocycles. The summed E-state index contributed by atoms with van der Waals surface area (Å²) in [7, 11) is 0. The first-order chi connectivity index (χ1) is 12.1. The Hall–Kier alpha value is -1.63. The lowest BCUT2D eigenvalue weighted by Gasteiger charge is -2.29. The van der Waals surface area contributed by atoms with Crippen molar-refractivity contribution in [3.05, 3.63) is 0 Å². The van der Waals surface area contributed by atoms with Gasteiger partial charge in [-0.15, -0.1) is 0 Å². The molecule has 25 heavy (non-hydrogen) atoms. The summed E-state index contributed by atoms with van der Waals surface area (Å²) in [5.74, 6) is 0.367. The fraction of sp³-hybridized carbons (Fsp3) is 0.833. The fourth-order valence-corrected chi connectivity index (χ4v) is 3.93. The van der Waals surface area contributed by atoms with Crippen LogP contribution in [0.2, 0.25) is 0 Å². The Labute approximate surface area is 149 Å². The molecule has 3 fully saturated rings. The van der Waals surface area contributed by atoms with Gasteiger partial charge in [0.15, 0.2) is 0 Å². The zero-order chi connectivity index (χ0) is 17.6. The van der Waals surface area contributed by atoms with Crippen LogP contribution < -0.4 is 0 Å². The summed E-state index contributed by atoms with van der Waals surface area (Å²) >= 11 is 0. The van der Waals surface area contributed by atoms with Crippen LogP contribution in [0.3, 0.4) is 0 Å². The number of amides is 3. The molecule has 0 aromatic carbocycles. The standard InChI is InChI=1S/C18H30N4O3/c23-16-6-1-2-10-22(16)15-18(25)21-11-5-7-19(12-13-21)14-17(24)20-8-3-4-9-20/h1-15H2. The topological polar surface area (TPSA) is 64.2 Å². The third-order valence-electron chi connectivity index (χ3n) is 5.51. The van der Waals surface area contributed by atoms with E-state index in [1.807, 2.05) is 9.80 Å². The molecule has 7 nitrogen and oxygen atoms in total. The maximum Gasteiger partial charge on any atom is 0.242 e. The van der Waals surface area contributed by atoms with Gasteiger partial charge in [0, 0.05) is 52.2 Å². The molecule has 0 bridgehead atoms. The third-order valence-corrected chi connectivity index (χ3v) is 5.51. The monoisotopic (exact) mass is 350 g/mol. The quantitative estimate of drug-likeness (QED) is 0.724. The average molecular weight is 350 g/mol. The van der Waals surface area contributed by atoms with E-state index in [-0.39, 0.29) is 24.3 Å². The second kappa shape index (κ2) is 8.65. The zero-order valence-electron chi connectivity index (χ0n) is 15.1. The van der Waals surface area contributed by atoms with E-state index in [0.717, 1.165) is 64.8 Å². The van der Waals surface area contributed by atoms with Gasteiger partial charge >= 0.3 is 0 Å². The van der Waals surface area contributed by atoms with Gasteiger partial charge in [-0.05, 0) is 32.1 Å². The molecule has 140 valence electrons. The molecule has 0 saturated carbocycles. The van der Waals surface area contributed by atoms with Crippen LogP contribution in [-0.4, -0.2) is 96.2 Å². The van der Waals surface area contributed by atoms with E-state index in [4.69, 9.17) is 0 Å². The second-order valence-corrected chi connectivity index (χ2v) is 7.37. The summed E-state index contributed by atoms with van der Waals surface area (Å²) < 4.78 is 0. The molecule has 3 saturated heterocycles. The van der Waals surface area contributed by atoms with E-state index in [0.29, 0.717) is 26.1 Å². The van der Waals surface area contributed by atoms with E-state index >= 15 is 0 Å². The maximum atomic E-state index is 12.5. The van der Waals surface area contributed by atoms with Gasteiger partial charge in [-0.25, -0.2) is 0 Å².